The minimum absolute atomic E-state index is 0.350. The maximum absolute atomic E-state index is 5.84. The highest BCUT2D eigenvalue weighted by Crippen LogP contribution is 2.32. The van der Waals surface area contributed by atoms with E-state index in [2.05, 4.69) is 5.32 Å². The van der Waals surface area contributed by atoms with E-state index in [-0.39, 0.29) is 0 Å². The fraction of sp³-hybridized carbons (Fsp3) is 1.00. The Morgan fingerprint density at radius 3 is 2.73 bits per heavy atom. The van der Waals surface area contributed by atoms with Gasteiger partial charge in [-0.1, -0.05) is 12.8 Å². The van der Waals surface area contributed by atoms with Gasteiger partial charge in [0.05, 0.1) is 18.8 Å². The van der Waals surface area contributed by atoms with Gasteiger partial charge in [0.2, 0.25) is 0 Å². The molecule has 3 nitrogen and oxygen atoms in total. The smallest absolute Gasteiger partial charge is 0.0813 e. The second-order valence-corrected chi connectivity index (χ2v) is 4.82. The summed E-state index contributed by atoms with van der Waals surface area (Å²) in [5, 5.41) is 3.15. The minimum atomic E-state index is 0.350. The quantitative estimate of drug-likeness (QED) is 0.651. The van der Waals surface area contributed by atoms with Crippen molar-refractivity contribution < 1.29 is 9.47 Å². The van der Waals surface area contributed by atoms with E-state index < -0.39 is 0 Å². The van der Waals surface area contributed by atoms with E-state index >= 15 is 0 Å². The summed E-state index contributed by atoms with van der Waals surface area (Å²) >= 11 is 0. The number of hydrogen-bond acceptors (Lipinski definition) is 3. The highest BCUT2D eigenvalue weighted by Gasteiger charge is 2.25. The summed E-state index contributed by atoms with van der Waals surface area (Å²) < 4.78 is 11.5. The van der Waals surface area contributed by atoms with Crippen molar-refractivity contribution in [3.8, 4) is 0 Å². The first kappa shape index (κ1) is 11.4. The summed E-state index contributed by atoms with van der Waals surface area (Å²) in [6.07, 6.45) is 7.20. The van der Waals surface area contributed by atoms with Gasteiger partial charge in [-0.15, -0.1) is 0 Å². The first-order chi connectivity index (χ1) is 7.38. The molecule has 15 heavy (non-hydrogen) atoms. The molecule has 1 saturated heterocycles. The molecule has 2 fully saturated rings. The lowest BCUT2D eigenvalue weighted by Gasteiger charge is -2.13. The summed E-state index contributed by atoms with van der Waals surface area (Å²) in [5.74, 6) is 0.978. The lowest BCUT2D eigenvalue weighted by molar-refractivity contribution is -0.0148. The standard InChI is InChI=1S/C12H23NO2/c1-13-8-11-4-5-12(15-11)9-14-7-6-10-2-3-10/h10-13H,2-9H2,1H3. The van der Waals surface area contributed by atoms with Crippen LogP contribution < -0.4 is 5.32 Å². The van der Waals surface area contributed by atoms with Crippen molar-refractivity contribution in [2.75, 3.05) is 26.8 Å². The maximum Gasteiger partial charge on any atom is 0.0813 e. The lowest BCUT2D eigenvalue weighted by Crippen LogP contribution is -2.25. The Morgan fingerprint density at radius 2 is 2.00 bits per heavy atom. The molecule has 2 rings (SSSR count). The first-order valence-electron chi connectivity index (χ1n) is 6.26. The van der Waals surface area contributed by atoms with E-state index in [4.69, 9.17) is 9.47 Å². The predicted molar refractivity (Wildman–Crippen MR) is 60.0 cm³/mol. The molecule has 2 aliphatic rings. The molecule has 1 aliphatic heterocycles. The predicted octanol–water partition coefficient (Wildman–Crippen LogP) is 1.57. The molecular weight excluding hydrogens is 190 g/mol. The van der Waals surface area contributed by atoms with E-state index in [1.807, 2.05) is 7.05 Å². The Labute approximate surface area is 92.5 Å². The van der Waals surface area contributed by atoms with Crippen molar-refractivity contribution in [3.63, 3.8) is 0 Å². The topological polar surface area (TPSA) is 30.5 Å². The van der Waals surface area contributed by atoms with E-state index in [1.54, 1.807) is 0 Å². The van der Waals surface area contributed by atoms with Crippen LogP contribution in [-0.4, -0.2) is 39.0 Å². The minimum Gasteiger partial charge on any atom is -0.379 e. The molecule has 2 unspecified atom stereocenters. The van der Waals surface area contributed by atoms with Gasteiger partial charge in [0, 0.05) is 13.2 Å². The SMILES string of the molecule is CNCC1CCC(COCCC2CC2)O1. The van der Waals surface area contributed by atoms with Crippen molar-refractivity contribution in [3.05, 3.63) is 0 Å². The van der Waals surface area contributed by atoms with Crippen molar-refractivity contribution in [1.29, 1.82) is 0 Å². The molecule has 2 atom stereocenters. The van der Waals surface area contributed by atoms with E-state index in [0.29, 0.717) is 12.2 Å². The van der Waals surface area contributed by atoms with Gasteiger partial charge in [0.25, 0.3) is 0 Å². The van der Waals surface area contributed by atoms with Crippen LogP contribution in [0.25, 0.3) is 0 Å². The average Bonchev–Trinajstić information content (AvgIpc) is 2.95. The fourth-order valence-electron chi connectivity index (χ4n) is 2.15. The van der Waals surface area contributed by atoms with Crippen LogP contribution in [0.5, 0.6) is 0 Å². The Hall–Kier alpha value is -0.120. The number of ether oxygens (including phenoxy) is 2. The van der Waals surface area contributed by atoms with Crippen LogP contribution in [0.1, 0.15) is 32.1 Å². The Bertz CT molecular complexity index is 182. The van der Waals surface area contributed by atoms with Gasteiger partial charge >= 0.3 is 0 Å². The highest BCUT2D eigenvalue weighted by molar-refractivity contribution is 4.75. The lowest BCUT2D eigenvalue weighted by atomic mass is 10.2. The van der Waals surface area contributed by atoms with Gasteiger partial charge in [0.15, 0.2) is 0 Å². The van der Waals surface area contributed by atoms with Crippen LogP contribution in [0.2, 0.25) is 0 Å². The molecule has 88 valence electrons. The number of nitrogens with one attached hydrogen (secondary N) is 1. The van der Waals surface area contributed by atoms with E-state index in [1.165, 1.54) is 25.7 Å². The van der Waals surface area contributed by atoms with Crippen LogP contribution in [0.3, 0.4) is 0 Å². The number of hydrogen-bond donors (Lipinski definition) is 1. The van der Waals surface area contributed by atoms with Gasteiger partial charge in [-0.3, -0.25) is 0 Å². The highest BCUT2D eigenvalue weighted by atomic mass is 16.5. The van der Waals surface area contributed by atoms with Crippen molar-refractivity contribution in [1.82, 2.24) is 5.32 Å². The number of likely N-dealkylation sites (N-methyl/N-ethyl adjacent to an activating group) is 1. The average molecular weight is 213 g/mol. The third-order valence-corrected chi connectivity index (χ3v) is 3.30. The molecule has 0 aromatic carbocycles. The monoisotopic (exact) mass is 213 g/mol. The second-order valence-electron chi connectivity index (χ2n) is 4.82. The van der Waals surface area contributed by atoms with Crippen molar-refractivity contribution in [2.45, 2.75) is 44.3 Å². The molecule has 0 spiro atoms. The summed E-state index contributed by atoms with van der Waals surface area (Å²) in [7, 11) is 1.98. The third-order valence-electron chi connectivity index (χ3n) is 3.30. The van der Waals surface area contributed by atoms with Gasteiger partial charge in [-0.2, -0.15) is 0 Å². The maximum atomic E-state index is 5.84. The molecule has 1 aliphatic carbocycles. The summed E-state index contributed by atoms with van der Waals surface area (Å²) in [6.45, 7) is 2.70. The first-order valence-corrected chi connectivity index (χ1v) is 6.26. The summed E-state index contributed by atoms with van der Waals surface area (Å²) in [5.41, 5.74) is 0. The van der Waals surface area contributed by atoms with E-state index in [9.17, 15) is 0 Å². The van der Waals surface area contributed by atoms with Crippen LogP contribution >= 0.6 is 0 Å². The zero-order valence-corrected chi connectivity index (χ0v) is 9.71. The molecule has 0 aromatic rings. The molecular formula is C12H23NO2. The van der Waals surface area contributed by atoms with Crippen LogP contribution in [0.4, 0.5) is 0 Å². The molecule has 1 heterocycles. The molecule has 0 radical (unpaired) electrons. The normalized spacial score (nSPS) is 31.0. The van der Waals surface area contributed by atoms with Crippen LogP contribution in [0, 0.1) is 5.92 Å². The van der Waals surface area contributed by atoms with Gasteiger partial charge < -0.3 is 14.8 Å². The molecule has 3 heteroatoms. The van der Waals surface area contributed by atoms with E-state index in [0.717, 1.165) is 32.1 Å². The fourth-order valence-corrected chi connectivity index (χ4v) is 2.15. The largest absolute Gasteiger partial charge is 0.379 e. The summed E-state index contributed by atoms with van der Waals surface area (Å²) in [4.78, 5) is 0. The zero-order chi connectivity index (χ0) is 10.5. The molecule has 0 bridgehead atoms. The van der Waals surface area contributed by atoms with Crippen LogP contribution in [-0.2, 0) is 9.47 Å². The molecule has 1 saturated carbocycles. The van der Waals surface area contributed by atoms with Gasteiger partial charge in [-0.25, -0.2) is 0 Å². The summed E-state index contributed by atoms with van der Waals surface area (Å²) in [6, 6.07) is 0. The zero-order valence-electron chi connectivity index (χ0n) is 9.71. The Morgan fingerprint density at radius 1 is 1.20 bits per heavy atom. The second kappa shape index (κ2) is 5.83. The van der Waals surface area contributed by atoms with Crippen molar-refractivity contribution >= 4 is 0 Å². The van der Waals surface area contributed by atoms with Gasteiger partial charge in [0.1, 0.15) is 0 Å². The van der Waals surface area contributed by atoms with Crippen molar-refractivity contribution in [2.24, 2.45) is 5.92 Å². The molecule has 0 amide bonds. The Kier molecular flexibility index (Phi) is 4.42. The van der Waals surface area contributed by atoms with Gasteiger partial charge in [-0.05, 0) is 32.2 Å². The van der Waals surface area contributed by atoms with Crippen LogP contribution in [0.15, 0.2) is 0 Å². The molecule has 1 N–H and O–H groups in total. The third kappa shape index (κ3) is 4.09. The number of rotatable bonds is 7. The Balaban J connectivity index is 1.48. The molecule has 0 aromatic heterocycles.